The van der Waals surface area contributed by atoms with Crippen molar-refractivity contribution in [1.29, 1.82) is 0 Å². The summed E-state index contributed by atoms with van der Waals surface area (Å²) in [5.41, 5.74) is 6.94. The normalized spacial score (nSPS) is 10.6. The van der Waals surface area contributed by atoms with E-state index in [-0.39, 0.29) is 5.78 Å². The van der Waals surface area contributed by atoms with Crippen molar-refractivity contribution >= 4 is 16.7 Å². The average molecular weight is 228 g/mol. The molecule has 0 bridgehead atoms. The van der Waals surface area contributed by atoms with Crippen LogP contribution in [0, 0.1) is 0 Å². The van der Waals surface area contributed by atoms with Crippen LogP contribution in [0.5, 0.6) is 0 Å². The fourth-order valence-electron chi connectivity index (χ4n) is 1.89. The number of rotatable bonds is 5. The summed E-state index contributed by atoms with van der Waals surface area (Å²) in [6, 6.07) is 9.57. The van der Waals surface area contributed by atoms with Gasteiger partial charge >= 0.3 is 0 Å². The molecule has 88 valence electrons. The fraction of sp³-hybridized carbons (Fsp3) is 0.286. The average Bonchev–Trinajstić information content (AvgIpc) is 2.38. The van der Waals surface area contributed by atoms with Gasteiger partial charge in [0, 0.05) is 23.6 Å². The number of nitrogens with two attached hydrogens (primary N) is 1. The number of unbranched alkanes of at least 4 members (excludes halogenated alkanes) is 1. The van der Waals surface area contributed by atoms with E-state index in [1.807, 2.05) is 30.3 Å². The smallest absolute Gasteiger partial charge is 0.165 e. The zero-order chi connectivity index (χ0) is 12.1. The number of carbonyl (C=O) groups excluding carboxylic acids is 1. The van der Waals surface area contributed by atoms with Gasteiger partial charge in [0.2, 0.25) is 0 Å². The van der Waals surface area contributed by atoms with Gasteiger partial charge in [-0.2, -0.15) is 0 Å². The number of para-hydroxylation sites is 1. The number of pyridine rings is 1. The molecule has 17 heavy (non-hydrogen) atoms. The summed E-state index contributed by atoms with van der Waals surface area (Å²) in [7, 11) is 0. The van der Waals surface area contributed by atoms with Gasteiger partial charge in [-0.3, -0.25) is 9.78 Å². The van der Waals surface area contributed by atoms with Crippen LogP contribution in [0.15, 0.2) is 36.5 Å². The summed E-state index contributed by atoms with van der Waals surface area (Å²) in [6.45, 7) is 0.640. The molecule has 0 radical (unpaired) electrons. The molecular formula is C14H16N2O. The van der Waals surface area contributed by atoms with Crippen LogP contribution in [0.1, 0.15) is 29.6 Å². The van der Waals surface area contributed by atoms with Crippen LogP contribution in [0.25, 0.3) is 10.9 Å². The maximum absolute atomic E-state index is 12.1. The second kappa shape index (κ2) is 5.55. The van der Waals surface area contributed by atoms with Crippen LogP contribution in [0.4, 0.5) is 0 Å². The van der Waals surface area contributed by atoms with E-state index < -0.39 is 0 Å². The summed E-state index contributed by atoms with van der Waals surface area (Å²) < 4.78 is 0. The molecule has 1 heterocycles. The highest BCUT2D eigenvalue weighted by Crippen LogP contribution is 2.18. The number of nitrogens with zero attached hydrogens (tertiary/aromatic N) is 1. The third kappa shape index (κ3) is 2.68. The number of hydrogen-bond acceptors (Lipinski definition) is 3. The zero-order valence-electron chi connectivity index (χ0n) is 9.73. The van der Waals surface area contributed by atoms with Crippen molar-refractivity contribution in [3.8, 4) is 0 Å². The second-order valence-corrected chi connectivity index (χ2v) is 4.05. The van der Waals surface area contributed by atoms with Gasteiger partial charge < -0.3 is 5.73 Å². The van der Waals surface area contributed by atoms with Gasteiger partial charge in [0.15, 0.2) is 5.78 Å². The largest absolute Gasteiger partial charge is 0.330 e. The van der Waals surface area contributed by atoms with E-state index in [0.717, 1.165) is 29.3 Å². The van der Waals surface area contributed by atoms with Crippen molar-refractivity contribution in [3.63, 3.8) is 0 Å². The highest BCUT2D eigenvalue weighted by atomic mass is 16.1. The number of Topliss-reactive ketones (excluding diaryl/α,β-unsaturated/α-hetero) is 1. The summed E-state index contributed by atoms with van der Waals surface area (Å²) in [6.07, 6.45) is 4.01. The van der Waals surface area contributed by atoms with Gasteiger partial charge in [0.1, 0.15) is 0 Å². The quantitative estimate of drug-likeness (QED) is 0.632. The lowest BCUT2D eigenvalue weighted by Gasteiger charge is -2.04. The van der Waals surface area contributed by atoms with Crippen molar-refractivity contribution in [3.05, 3.63) is 42.1 Å². The van der Waals surface area contributed by atoms with Gasteiger partial charge in [0.05, 0.1) is 5.52 Å². The summed E-state index contributed by atoms with van der Waals surface area (Å²) in [4.78, 5) is 16.3. The van der Waals surface area contributed by atoms with Gasteiger partial charge in [-0.15, -0.1) is 0 Å². The Labute approximate surface area is 101 Å². The summed E-state index contributed by atoms with van der Waals surface area (Å²) >= 11 is 0. The van der Waals surface area contributed by atoms with E-state index in [4.69, 9.17) is 5.73 Å². The molecule has 0 aliphatic heterocycles. The molecule has 2 aromatic rings. The van der Waals surface area contributed by atoms with E-state index in [1.54, 1.807) is 6.20 Å². The van der Waals surface area contributed by atoms with Gasteiger partial charge in [-0.1, -0.05) is 18.2 Å². The molecule has 1 aromatic heterocycles. The molecule has 0 aliphatic carbocycles. The van der Waals surface area contributed by atoms with Gasteiger partial charge in [0.25, 0.3) is 0 Å². The van der Waals surface area contributed by atoms with Crippen molar-refractivity contribution in [1.82, 2.24) is 4.98 Å². The molecule has 1 aromatic carbocycles. The number of benzene rings is 1. The molecule has 0 fully saturated rings. The maximum Gasteiger partial charge on any atom is 0.165 e. The van der Waals surface area contributed by atoms with Crippen LogP contribution in [0.3, 0.4) is 0 Å². The molecule has 0 atom stereocenters. The molecule has 2 N–H and O–H groups in total. The number of aromatic nitrogens is 1. The van der Waals surface area contributed by atoms with Crippen LogP contribution >= 0.6 is 0 Å². The first-order valence-electron chi connectivity index (χ1n) is 5.90. The topological polar surface area (TPSA) is 56.0 Å². The SMILES string of the molecule is NCCCCC(=O)c1cccc2cccnc12. The van der Waals surface area contributed by atoms with Crippen LogP contribution in [-0.2, 0) is 0 Å². The van der Waals surface area contributed by atoms with Crippen molar-refractivity contribution in [2.45, 2.75) is 19.3 Å². The zero-order valence-corrected chi connectivity index (χ0v) is 9.73. The second-order valence-electron chi connectivity index (χ2n) is 4.05. The first-order chi connectivity index (χ1) is 8.33. The highest BCUT2D eigenvalue weighted by molar-refractivity contribution is 6.06. The molecular weight excluding hydrogens is 212 g/mol. The number of ketones is 1. The molecule has 0 aliphatic rings. The van der Waals surface area contributed by atoms with E-state index in [1.165, 1.54) is 0 Å². The Morgan fingerprint density at radius 2 is 2.00 bits per heavy atom. The van der Waals surface area contributed by atoms with E-state index in [9.17, 15) is 4.79 Å². The molecule has 3 nitrogen and oxygen atoms in total. The fourth-order valence-corrected chi connectivity index (χ4v) is 1.89. The Balaban J connectivity index is 2.26. The number of carbonyl (C=O) groups is 1. The monoisotopic (exact) mass is 228 g/mol. The molecule has 0 saturated heterocycles. The molecule has 0 amide bonds. The van der Waals surface area contributed by atoms with Gasteiger partial charge in [-0.05, 0) is 31.5 Å². The Kier molecular flexibility index (Phi) is 3.83. The predicted octanol–water partition coefficient (Wildman–Crippen LogP) is 2.55. The summed E-state index contributed by atoms with van der Waals surface area (Å²) in [5.74, 6) is 0.155. The molecule has 0 saturated carbocycles. The van der Waals surface area contributed by atoms with E-state index in [0.29, 0.717) is 13.0 Å². The van der Waals surface area contributed by atoms with Gasteiger partial charge in [-0.25, -0.2) is 0 Å². The lowest BCUT2D eigenvalue weighted by atomic mass is 10.0. The Hall–Kier alpha value is -1.74. The van der Waals surface area contributed by atoms with Crippen molar-refractivity contribution < 1.29 is 4.79 Å². The first kappa shape index (κ1) is 11.7. The van der Waals surface area contributed by atoms with Crippen LogP contribution < -0.4 is 5.73 Å². The Morgan fingerprint density at radius 3 is 2.82 bits per heavy atom. The lowest BCUT2D eigenvalue weighted by Crippen LogP contribution is -2.03. The Morgan fingerprint density at radius 1 is 1.18 bits per heavy atom. The van der Waals surface area contributed by atoms with Crippen LogP contribution in [0.2, 0.25) is 0 Å². The van der Waals surface area contributed by atoms with Crippen molar-refractivity contribution in [2.75, 3.05) is 6.54 Å². The first-order valence-corrected chi connectivity index (χ1v) is 5.90. The minimum Gasteiger partial charge on any atom is -0.330 e. The minimum absolute atomic E-state index is 0.155. The predicted molar refractivity (Wildman–Crippen MR) is 69.0 cm³/mol. The standard InChI is InChI=1S/C14H16N2O/c15-9-2-1-8-13(17)12-7-3-5-11-6-4-10-16-14(11)12/h3-7,10H,1-2,8-9,15H2. The van der Waals surface area contributed by atoms with E-state index >= 15 is 0 Å². The number of hydrogen-bond donors (Lipinski definition) is 1. The maximum atomic E-state index is 12.1. The van der Waals surface area contributed by atoms with Crippen molar-refractivity contribution in [2.24, 2.45) is 5.73 Å². The van der Waals surface area contributed by atoms with Crippen LogP contribution in [-0.4, -0.2) is 17.3 Å². The number of fused-ring (bicyclic) bond motifs is 1. The Bertz CT molecular complexity index is 517. The third-order valence-corrected chi connectivity index (χ3v) is 2.79. The minimum atomic E-state index is 0.155. The molecule has 0 unspecified atom stereocenters. The van der Waals surface area contributed by atoms with E-state index in [2.05, 4.69) is 4.98 Å². The molecule has 3 heteroatoms. The third-order valence-electron chi connectivity index (χ3n) is 2.79. The molecule has 0 spiro atoms. The molecule has 2 rings (SSSR count). The highest BCUT2D eigenvalue weighted by Gasteiger charge is 2.09. The summed E-state index contributed by atoms with van der Waals surface area (Å²) in [5, 5.41) is 1.01. The lowest BCUT2D eigenvalue weighted by molar-refractivity contribution is 0.0981.